The van der Waals surface area contributed by atoms with Gasteiger partial charge in [0.05, 0.1) is 10.0 Å². The number of likely N-dealkylation sites (N-methyl/N-ethyl adjacent to an activating group) is 1. The lowest BCUT2D eigenvalue weighted by Gasteiger charge is -2.58. The average molecular weight is 314 g/mol. The van der Waals surface area contributed by atoms with Crippen molar-refractivity contribution in [2.45, 2.75) is 31.1 Å². The number of ether oxygens (including phenoxy) is 1. The van der Waals surface area contributed by atoms with Crippen molar-refractivity contribution in [3.8, 4) is 0 Å². The summed E-state index contributed by atoms with van der Waals surface area (Å²) in [5.41, 5.74) is 2.01. The summed E-state index contributed by atoms with van der Waals surface area (Å²) in [6.07, 6.45) is 4.84. The Hall–Kier alpha value is -0.280. The minimum Gasteiger partial charge on any atom is -0.381 e. The summed E-state index contributed by atoms with van der Waals surface area (Å²) in [5.74, 6) is 0. The van der Waals surface area contributed by atoms with Gasteiger partial charge in [-0.25, -0.2) is 0 Å². The van der Waals surface area contributed by atoms with E-state index in [-0.39, 0.29) is 5.41 Å². The van der Waals surface area contributed by atoms with Crippen LogP contribution in [0.15, 0.2) is 18.2 Å². The van der Waals surface area contributed by atoms with Gasteiger partial charge in [0, 0.05) is 25.2 Å². The molecule has 0 atom stereocenters. The second kappa shape index (κ2) is 5.49. The molecule has 0 amide bonds. The SMILES string of the molecule is CNCC1(c2ccc(Cl)c(Cl)c2)CC2(CCOCC2)C1. The zero-order valence-electron chi connectivity index (χ0n) is 11.8. The Labute approximate surface area is 130 Å². The highest BCUT2D eigenvalue weighted by atomic mass is 35.5. The van der Waals surface area contributed by atoms with Crippen molar-refractivity contribution in [2.24, 2.45) is 5.41 Å². The Balaban J connectivity index is 1.84. The predicted octanol–water partition coefficient (Wildman–Crippen LogP) is 4.04. The summed E-state index contributed by atoms with van der Waals surface area (Å²) in [6, 6.07) is 6.11. The molecule has 0 unspecified atom stereocenters. The molecule has 20 heavy (non-hydrogen) atoms. The third-order valence-corrected chi connectivity index (χ3v) is 5.77. The maximum absolute atomic E-state index is 6.21. The first kappa shape index (κ1) is 14.6. The van der Waals surface area contributed by atoms with E-state index in [2.05, 4.69) is 11.4 Å². The summed E-state index contributed by atoms with van der Waals surface area (Å²) >= 11 is 12.3. The minimum absolute atomic E-state index is 0.209. The Morgan fingerprint density at radius 3 is 2.45 bits per heavy atom. The summed E-state index contributed by atoms with van der Waals surface area (Å²) in [4.78, 5) is 0. The lowest BCUT2D eigenvalue weighted by molar-refractivity contribution is -0.0732. The van der Waals surface area contributed by atoms with Crippen LogP contribution in [0.25, 0.3) is 0 Å². The molecule has 1 aliphatic carbocycles. The summed E-state index contributed by atoms with van der Waals surface area (Å²) < 4.78 is 5.52. The molecule has 0 aromatic heterocycles. The third kappa shape index (κ3) is 2.48. The number of hydrogen-bond acceptors (Lipinski definition) is 2. The molecule has 1 aromatic rings. The molecule has 1 spiro atoms. The minimum atomic E-state index is 0.209. The van der Waals surface area contributed by atoms with E-state index < -0.39 is 0 Å². The van der Waals surface area contributed by atoms with Gasteiger partial charge in [-0.3, -0.25) is 0 Å². The van der Waals surface area contributed by atoms with Crippen molar-refractivity contribution in [2.75, 3.05) is 26.8 Å². The Morgan fingerprint density at radius 1 is 1.15 bits per heavy atom. The fourth-order valence-corrected chi connectivity index (χ4v) is 4.44. The first-order valence-electron chi connectivity index (χ1n) is 7.27. The van der Waals surface area contributed by atoms with Gasteiger partial charge in [-0.2, -0.15) is 0 Å². The van der Waals surface area contributed by atoms with E-state index >= 15 is 0 Å². The van der Waals surface area contributed by atoms with Crippen LogP contribution < -0.4 is 5.32 Å². The highest BCUT2D eigenvalue weighted by molar-refractivity contribution is 6.42. The molecule has 1 aromatic carbocycles. The third-order valence-electron chi connectivity index (χ3n) is 5.03. The summed E-state index contributed by atoms with van der Waals surface area (Å²) in [5, 5.41) is 4.65. The number of benzene rings is 1. The predicted molar refractivity (Wildman–Crippen MR) is 83.8 cm³/mol. The number of halogens is 2. The first-order valence-corrected chi connectivity index (χ1v) is 8.03. The normalized spacial score (nSPS) is 23.6. The van der Waals surface area contributed by atoms with Gasteiger partial charge in [0.1, 0.15) is 0 Å². The Kier molecular flexibility index (Phi) is 4.02. The molecule has 2 fully saturated rings. The Bertz CT molecular complexity index is 489. The second-order valence-electron chi connectivity index (χ2n) is 6.41. The molecule has 0 bridgehead atoms. The smallest absolute Gasteiger partial charge is 0.0595 e. The fourth-order valence-electron chi connectivity index (χ4n) is 4.14. The van der Waals surface area contributed by atoms with Crippen LogP contribution in [0.4, 0.5) is 0 Å². The second-order valence-corrected chi connectivity index (χ2v) is 7.22. The molecule has 1 saturated heterocycles. The largest absolute Gasteiger partial charge is 0.381 e. The molecule has 1 saturated carbocycles. The van der Waals surface area contributed by atoms with Gasteiger partial charge < -0.3 is 10.1 Å². The van der Waals surface area contributed by atoms with Crippen LogP contribution in [0.3, 0.4) is 0 Å². The monoisotopic (exact) mass is 313 g/mol. The molecule has 3 rings (SSSR count). The van der Waals surface area contributed by atoms with E-state index in [0.717, 1.165) is 19.8 Å². The van der Waals surface area contributed by atoms with Crippen molar-refractivity contribution in [3.05, 3.63) is 33.8 Å². The molecule has 2 nitrogen and oxygen atoms in total. The molecule has 4 heteroatoms. The molecule has 0 radical (unpaired) electrons. The van der Waals surface area contributed by atoms with Gasteiger partial charge >= 0.3 is 0 Å². The van der Waals surface area contributed by atoms with Crippen molar-refractivity contribution < 1.29 is 4.74 Å². The van der Waals surface area contributed by atoms with E-state index in [4.69, 9.17) is 27.9 Å². The van der Waals surface area contributed by atoms with Crippen molar-refractivity contribution in [3.63, 3.8) is 0 Å². The van der Waals surface area contributed by atoms with Gasteiger partial charge in [0.2, 0.25) is 0 Å². The van der Waals surface area contributed by atoms with Crippen molar-refractivity contribution in [1.29, 1.82) is 0 Å². The van der Waals surface area contributed by atoms with E-state index in [1.54, 1.807) is 0 Å². The van der Waals surface area contributed by atoms with Crippen LogP contribution in [0.2, 0.25) is 10.0 Å². The molecule has 1 aliphatic heterocycles. The van der Waals surface area contributed by atoms with Gasteiger partial charge in [0.25, 0.3) is 0 Å². The molecular weight excluding hydrogens is 293 g/mol. The average Bonchev–Trinajstić information content (AvgIpc) is 2.41. The van der Waals surface area contributed by atoms with Gasteiger partial charge in [-0.05, 0) is 55.8 Å². The van der Waals surface area contributed by atoms with E-state index in [1.165, 1.54) is 31.2 Å². The van der Waals surface area contributed by atoms with E-state index in [1.807, 2.05) is 19.2 Å². The highest BCUT2D eigenvalue weighted by Gasteiger charge is 2.54. The van der Waals surface area contributed by atoms with Crippen LogP contribution in [-0.4, -0.2) is 26.8 Å². The van der Waals surface area contributed by atoms with Crippen LogP contribution >= 0.6 is 23.2 Å². The lowest BCUT2D eigenvalue weighted by atomic mass is 9.48. The topological polar surface area (TPSA) is 21.3 Å². The van der Waals surface area contributed by atoms with Crippen molar-refractivity contribution >= 4 is 23.2 Å². The van der Waals surface area contributed by atoms with E-state index in [9.17, 15) is 0 Å². The first-order chi connectivity index (χ1) is 9.59. The Morgan fingerprint density at radius 2 is 1.85 bits per heavy atom. The van der Waals surface area contributed by atoms with Gasteiger partial charge in [-0.1, -0.05) is 29.3 Å². The van der Waals surface area contributed by atoms with Gasteiger partial charge in [-0.15, -0.1) is 0 Å². The number of nitrogens with one attached hydrogen (secondary N) is 1. The molecule has 2 aliphatic rings. The molecule has 1 heterocycles. The zero-order valence-corrected chi connectivity index (χ0v) is 13.4. The number of rotatable bonds is 3. The summed E-state index contributed by atoms with van der Waals surface area (Å²) in [7, 11) is 2.02. The summed E-state index contributed by atoms with van der Waals surface area (Å²) in [6.45, 7) is 2.82. The fraction of sp³-hybridized carbons (Fsp3) is 0.625. The quantitative estimate of drug-likeness (QED) is 0.909. The molecule has 1 N–H and O–H groups in total. The lowest BCUT2D eigenvalue weighted by Crippen LogP contribution is -2.56. The zero-order chi connectivity index (χ0) is 14.2. The van der Waals surface area contributed by atoms with Crippen LogP contribution in [0.5, 0.6) is 0 Å². The van der Waals surface area contributed by atoms with Crippen molar-refractivity contribution in [1.82, 2.24) is 5.32 Å². The highest BCUT2D eigenvalue weighted by Crippen LogP contribution is 2.60. The standard InChI is InChI=1S/C16H21Cl2NO/c1-19-11-16(12-2-3-13(17)14(18)8-12)9-15(10-16)4-6-20-7-5-15/h2-3,8,19H,4-7,9-11H2,1H3. The van der Waals surface area contributed by atoms with Crippen LogP contribution in [0, 0.1) is 5.41 Å². The van der Waals surface area contributed by atoms with E-state index in [0.29, 0.717) is 15.5 Å². The number of hydrogen-bond donors (Lipinski definition) is 1. The maximum Gasteiger partial charge on any atom is 0.0595 e. The van der Waals surface area contributed by atoms with Gasteiger partial charge in [0.15, 0.2) is 0 Å². The maximum atomic E-state index is 6.21. The molecular formula is C16H21Cl2NO. The molecule has 110 valence electrons. The van der Waals surface area contributed by atoms with Crippen LogP contribution in [0.1, 0.15) is 31.2 Å². The van der Waals surface area contributed by atoms with Crippen LogP contribution in [-0.2, 0) is 10.2 Å².